The molecule has 6 aromatic carbocycles. The minimum absolute atomic E-state index is 0. The number of nitrogens with two attached hydrogens (primary N) is 2. The Labute approximate surface area is 422 Å². The van der Waals surface area contributed by atoms with Crippen LogP contribution in [0.3, 0.4) is 0 Å². The number of nitrogens with zero attached hydrogens (tertiary/aromatic N) is 2. The van der Waals surface area contributed by atoms with Gasteiger partial charge in [0.05, 0.1) is 14.7 Å². The molecule has 1 heterocycles. The third kappa shape index (κ3) is 25.7. The molecule has 7 aromatic rings. The number of nitrogens with one attached hydrogen (secondary N) is 1. The van der Waals surface area contributed by atoms with Crippen LogP contribution in [0, 0.1) is 55.4 Å². The van der Waals surface area contributed by atoms with Crippen molar-refractivity contribution in [1.82, 2.24) is 14.6 Å². The second-order valence-corrected chi connectivity index (χ2v) is 21.6. The van der Waals surface area contributed by atoms with E-state index in [1.54, 1.807) is 87.8 Å². The Morgan fingerprint density at radius 2 is 0.800 bits per heavy atom. The topological polar surface area (TPSA) is 183 Å². The summed E-state index contributed by atoms with van der Waals surface area (Å²) < 4.78 is 68.7. The number of primary sulfonamides is 1. The van der Waals surface area contributed by atoms with Crippen molar-refractivity contribution < 1.29 is 25.3 Å². The van der Waals surface area contributed by atoms with Crippen molar-refractivity contribution in [3.8, 4) is 0 Å². The molecule has 0 aliphatic heterocycles. The molecule has 0 spiro atoms. The number of hydrogen-bond donors (Lipinski definition) is 3. The van der Waals surface area contributed by atoms with Crippen molar-refractivity contribution >= 4 is 29.9 Å². The van der Waals surface area contributed by atoms with E-state index >= 15 is 0 Å². The van der Waals surface area contributed by atoms with Gasteiger partial charge in [0.2, 0.25) is 20.0 Å². The molecule has 14 heteroatoms. The van der Waals surface area contributed by atoms with Crippen molar-refractivity contribution in [2.24, 2.45) is 10.9 Å². The fraction of sp³-hybridized carbons (Fsp3) is 0.268. The summed E-state index contributed by atoms with van der Waals surface area (Å²) in [5, 5.41) is 4.93. The summed E-state index contributed by atoms with van der Waals surface area (Å²) in [6, 6.07) is 49.4. The van der Waals surface area contributed by atoms with Gasteiger partial charge in [-0.25, -0.2) is 35.1 Å². The van der Waals surface area contributed by atoms with Gasteiger partial charge in [0.15, 0.2) is 9.84 Å². The number of sulfone groups is 1. The number of aryl methyl sites for hydroxylation is 8. The van der Waals surface area contributed by atoms with Crippen LogP contribution >= 0.6 is 0 Å². The highest BCUT2D eigenvalue weighted by molar-refractivity contribution is 7.90. The highest BCUT2D eigenvalue weighted by Crippen LogP contribution is 2.15. The van der Waals surface area contributed by atoms with Crippen LogP contribution in [0.2, 0.25) is 0 Å². The van der Waals surface area contributed by atoms with Crippen LogP contribution in [0.15, 0.2) is 185 Å². The van der Waals surface area contributed by atoms with Gasteiger partial charge in [-0.15, -0.1) is 0 Å². The fourth-order valence-electron chi connectivity index (χ4n) is 5.87. The molecule has 0 saturated heterocycles. The standard InChI is InChI=1S/C10H15N.C8H11NO2S.C8H11N.C8H10O2S.C8H10.C7H9NO2S.C6H7N.CH4/c1-9-6-4-5-7-10(9)8-11(2)3;1-7-5-3-4-6-8(7)12(10,11)9-2;1-7-4-2-3-5-8(7)6-9;1-7-5-3-4-6-8(7)11(2,9)10;1-7-5-3-4-6-8(7)2;1-6-4-2-3-5-7(6)11(8,9)10;1-6-2-4-7-5-3-6;/h4-7H,8H2,1-3H3;3-6,9H,1-2H3;2-5H,6,9H2,1H3;3-6H,1-2H3;3-6H,1-2H3;2-5H,1H3,(H2,8,9,10);2-5H,1H3;1H4. The highest BCUT2D eigenvalue weighted by Gasteiger charge is 2.12. The lowest BCUT2D eigenvalue weighted by Gasteiger charge is -2.11. The molecular weight excluding hydrogens is 935 g/mol. The Hall–Kier alpha value is -5.84. The van der Waals surface area contributed by atoms with Crippen molar-refractivity contribution in [2.75, 3.05) is 27.4 Å². The van der Waals surface area contributed by atoms with Crippen molar-refractivity contribution in [1.29, 1.82) is 0 Å². The summed E-state index contributed by atoms with van der Waals surface area (Å²) in [6.07, 6.45) is 4.79. The van der Waals surface area contributed by atoms with Gasteiger partial charge in [0, 0.05) is 31.7 Å². The number of hydrogen-bond acceptors (Lipinski definition) is 9. The first-order chi connectivity index (χ1) is 32.3. The van der Waals surface area contributed by atoms with Gasteiger partial charge in [-0.3, -0.25) is 4.98 Å². The third-order valence-corrected chi connectivity index (χ3v) is 13.9. The van der Waals surface area contributed by atoms with E-state index in [1.807, 2.05) is 43.3 Å². The zero-order valence-corrected chi connectivity index (χ0v) is 44.8. The van der Waals surface area contributed by atoms with E-state index in [-0.39, 0.29) is 12.3 Å². The summed E-state index contributed by atoms with van der Waals surface area (Å²) in [4.78, 5) is 6.98. The van der Waals surface area contributed by atoms with Crippen molar-refractivity contribution in [3.63, 3.8) is 0 Å². The monoisotopic (exact) mass is 1010 g/mol. The molecule has 1 aromatic heterocycles. The summed E-state index contributed by atoms with van der Waals surface area (Å²) >= 11 is 0. The lowest BCUT2D eigenvalue weighted by atomic mass is 10.1. The number of rotatable bonds is 7. The average molecular weight is 1010 g/mol. The lowest BCUT2D eigenvalue weighted by Crippen LogP contribution is -2.19. The predicted octanol–water partition coefficient (Wildman–Crippen LogP) is 10.8. The molecule has 0 radical (unpaired) electrons. The first-order valence-electron chi connectivity index (χ1n) is 22.0. The normalized spacial score (nSPS) is 10.4. The van der Waals surface area contributed by atoms with E-state index in [0.29, 0.717) is 21.9 Å². The Bertz CT molecular complexity index is 2830. The molecule has 0 saturated carbocycles. The average Bonchev–Trinajstić information content (AvgIpc) is 3.29. The molecule has 0 fully saturated rings. The van der Waals surface area contributed by atoms with Gasteiger partial charge >= 0.3 is 0 Å². The Balaban J connectivity index is 0.000000796. The Morgan fingerprint density at radius 1 is 0.471 bits per heavy atom. The second-order valence-electron chi connectivity index (χ2n) is 16.2. The largest absolute Gasteiger partial charge is 0.326 e. The van der Waals surface area contributed by atoms with Gasteiger partial charge in [-0.2, -0.15) is 0 Å². The van der Waals surface area contributed by atoms with Gasteiger partial charge in [-0.05, 0) is 162 Å². The van der Waals surface area contributed by atoms with Crippen molar-refractivity contribution in [2.45, 2.75) is 90.6 Å². The first-order valence-corrected chi connectivity index (χ1v) is 26.9. The molecule has 380 valence electrons. The van der Waals surface area contributed by atoms with E-state index in [0.717, 1.165) is 17.7 Å². The molecular formula is C56H77N5O6S3. The van der Waals surface area contributed by atoms with E-state index in [1.165, 1.54) is 58.3 Å². The van der Waals surface area contributed by atoms with Crippen molar-refractivity contribution in [3.05, 3.63) is 226 Å². The van der Waals surface area contributed by atoms with Gasteiger partial charge in [-0.1, -0.05) is 135 Å². The maximum absolute atomic E-state index is 11.3. The molecule has 7 rings (SSSR count). The van der Waals surface area contributed by atoms with E-state index in [2.05, 4.69) is 117 Å². The van der Waals surface area contributed by atoms with E-state index < -0.39 is 29.9 Å². The van der Waals surface area contributed by atoms with Gasteiger partial charge < -0.3 is 10.6 Å². The van der Waals surface area contributed by atoms with Crippen LogP contribution < -0.4 is 15.6 Å². The summed E-state index contributed by atoms with van der Waals surface area (Å²) in [7, 11) is -4.26. The number of benzene rings is 6. The molecule has 70 heavy (non-hydrogen) atoms. The van der Waals surface area contributed by atoms with Gasteiger partial charge in [0.25, 0.3) is 0 Å². The fourth-order valence-corrected chi connectivity index (χ4v) is 8.61. The van der Waals surface area contributed by atoms with E-state index in [4.69, 9.17) is 10.9 Å². The number of aromatic nitrogens is 1. The maximum Gasteiger partial charge on any atom is 0.240 e. The molecule has 11 nitrogen and oxygen atoms in total. The Morgan fingerprint density at radius 3 is 1.04 bits per heavy atom. The quantitative estimate of drug-likeness (QED) is 0.140. The predicted molar refractivity (Wildman–Crippen MR) is 294 cm³/mol. The smallest absolute Gasteiger partial charge is 0.240 e. The Kier molecular flexibility index (Phi) is 30.1. The SMILES string of the molecule is C.CNS(=O)(=O)c1ccccc1C.Cc1ccccc1C.Cc1ccccc1CN.Cc1ccccc1CN(C)C.Cc1ccccc1S(C)(=O)=O.Cc1ccccc1S(N)(=O)=O.Cc1ccncc1. The highest BCUT2D eigenvalue weighted by atomic mass is 32.2. The second kappa shape index (κ2) is 32.9. The molecule has 5 N–H and O–H groups in total. The minimum Gasteiger partial charge on any atom is -0.326 e. The summed E-state index contributed by atoms with van der Waals surface area (Å²) in [5.74, 6) is 0. The zero-order chi connectivity index (χ0) is 52.2. The van der Waals surface area contributed by atoms with Crippen LogP contribution in [0.4, 0.5) is 0 Å². The molecule has 0 atom stereocenters. The van der Waals surface area contributed by atoms with E-state index in [9.17, 15) is 25.3 Å². The zero-order valence-electron chi connectivity index (χ0n) is 42.3. The molecule has 0 aliphatic carbocycles. The molecule has 0 unspecified atom stereocenters. The molecule has 0 aliphatic rings. The summed E-state index contributed by atoms with van der Waals surface area (Å²) in [6.45, 7) is 17.5. The minimum atomic E-state index is -3.53. The van der Waals surface area contributed by atoms with Crippen LogP contribution in [0.5, 0.6) is 0 Å². The van der Waals surface area contributed by atoms with Crippen LogP contribution in [0.1, 0.15) is 63.1 Å². The maximum atomic E-state index is 11.3. The summed E-state index contributed by atoms with van der Waals surface area (Å²) in [5.41, 5.74) is 17.0. The van der Waals surface area contributed by atoms with Gasteiger partial charge in [0.1, 0.15) is 0 Å². The van der Waals surface area contributed by atoms with Crippen LogP contribution in [-0.2, 0) is 43.0 Å². The third-order valence-electron chi connectivity index (χ3n) is 10.0. The number of sulfonamides is 2. The molecule has 0 amide bonds. The van der Waals surface area contributed by atoms with Crippen LogP contribution in [0.25, 0.3) is 0 Å². The number of pyridine rings is 1. The van der Waals surface area contributed by atoms with Crippen LogP contribution in [-0.4, -0.2) is 62.5 Å². The first kappa shape index (κ1) is 64.2. The lowest BCUT2D eigenvalue weighted by molar-refractivity contribution is 0.401. The molecule has 0 bridgehead atoms.